The van der Waals surface area contributed by atoms with Gasteiger partial charge in [0.25, 0.3) is 0 Å². The van der Waals surface area contributed by atoms with Gasteiger partial charge in [-0.05, 0) is 55.2 Å². The van der Waals surface area contributed by atoms with E-state index in [4.69, 9.17) is 4.74 Å². The second-order valence-electron chi connectivity index (χ2n) is 8.17. The summed E-state index contributed by atoms with van der Waals surface area (Å²) in [6.45, 7) is 7.22. The Bertz CT molecular complexity index is 1170. The molecule has 4 rings (SSSR count). The molecule has 3 aromatic carbocycles. The lowest BCUT2D eigenvalue weighted by atomic mass is 9.97. The number of fused-ring (bicyclic) bond motifs is 1. The molecule has 1 heterocycles. The van der Waals surface area contributed by atoms with Crippen LogP contribution in [0.1, 0.15) is 48.2 Å². The summed E-state index contributed by atoms with van der Waals surface area (Å²) in [6.07, 6.45) is 2.23. The molecule has 0 bridgehead atoms. The van der Waals surface area contributed by atoms with E-state index in [1.807, 2.05) is 61.5 Å². The molecule has 158 valence electrons. The van der Waals surface area contributed by atoms with E-state index in [9.17, 15) is 4.79 Å². The highest BCUT2D eigenvalue weighted by Crippen LogP contribution is 2.40. The standard InChI is InChI=1S/C28H28O2S/c1-4-19(2)17-18-30-23-15-13-22(14-16-23)28-26(24-7-5-6-8-25(24)31-28)27(29)21-11-9-20(3)10-12-21/h5-16,19H,4,17-18H2,1-3H3. The maximum absolute atomic E-state index is 13.5. The zero-order valence-corrected chi connectivity index (χ0v) is 19.2. The van der Waals surface area contributed by atoms with Gasteiger partial charge in [-0.1, -0.05) is 68.3 Å². The number of rotatable bonds is 8. The van der Waals surface area contributed by atoms with E-state index >= 15 is 0 Å². The molecular weight excluding hydrogens is 400 g/mol. The summed E-state index contributed by atoms with van der Waals surface area (Å²) in [4.78, 5) is 14.5. The maximum Gasteiger partial charge on any atom is 0.195 e. The van der Waals surface area contributed by atoms with Gasteiger partial charge in [-0.3, -0.25) is 4.79 Å². The number of ketones is 1. The minimum Gasteiger partial charge on any atom is -0.494 e. The van der Waals surface area contributed by atoms with E-state index in [0.29, 0.717) is 5.92 Å². The Kier molecular flexibility index (Phi) is 6.53. The van der Waals surface area contributed by atoms with Crippen molar-refractivity contribution in [1.82, 2.24) is 0 Å². The van der Waals surface area contributed by atoms with E-state index in [-0.39, 0.29) is 5.78 Å². The second-order valence-corrected chi connectivity index (χ2v) is 9.22. The van der Waals surface area contributed by atoms with E-state index in [2.05, 4.69) is 32.0 Å². The molecule has 0 aliphatic carbocycles. The van der Waals surface area contributed by atoms with Crippen LogP contribution in [0.3, 0.4) is 0 Å². The molecule has 31 heavy (non-hydrogen) atoms. The average molecular weight is 429 g/mol. The average Bonchev–Trinajstić information content (AvgIpc) is 3.19. The number of hydrogen-bond donors (Lipinski definition) is 0. The highest BCUT2D eigenvalue weighted by Gasteiger charge is 2.21. The molecule has 0 spiro atoms. The van der Waals surface area contributed by atoms with Crippen LogP contribution in [0.2, 0.25) is 0 Å². The maximum atomic E-state index is 13.5. The molecule has 0 N–H and O–H groups in total. The van der Waals surface area contributed by atoms with Crippen LogP contribution in [0.25, 0.3) is 20.5 Å². The normalized spacial score (nSPS) is 12.1. The Hall–Kier alpha value is -2.91. The van der Waals surface area contributed by atoms with Gasteiger partial charge in [-0.2, -0.15) is 0 Å². The predicted molar refractivity (Wildman–Crippen MR) is 131 cm³/mol. The van der Waals surface area contributed by atoms with Crippen molar-refractivity contribution in [3.05, 3.63) is 89.5 Å². The van der Waals surface area contributed by atoms with Crippen LogP contribution >= 0.6 is 11.3 Å². The second kappa shape index (κ2) is 9.49. The molecule has 0 aliphatic rings. The van der Waals surface area contributed by atoms with Gasteiger partial charge in [0.2, 0.25) is 0 Å². The fraction of sp³-hybridized carbons (Fsp3) is 0.250. The fourth-order valence-corrected chi connectivity index (χ4v) is 4.81. The third-order valence-corrected chi connectivity index (χ3v) is 7.05. The van der Waals surface area contributed by atoms with Gasteiger partial charge in [0.05, 0.1) is 6.61 Å². The molecular formula is C28H28O2S. The first-order chi connectivity index (χ1) is 15.1. The monoisotopic (exact) mass is 428 g/mol. The zero-order chi connectivity index (χ0) is 21.8. The fourth-order valence-electron chi connectivity index (χ4n) is 3.61. The molecule has 4 aromatic rings. The molecule has 0 saturated heterocycles. The molecule has 3 heteroatoms. The third kappa shape index (κ3) is 4.72. The lowest BCUT2D eigenvalue weighted by Crippen LogP contribution is -2.03. The van der Waals surface area contributed by atoms with Crippen LogP contribution in [0, 0.1) is 12.8 Å². The van der Waals surface area contributed by atoms with Gasteiger partial charge in [-0.25, -0.2) is 0 Å². The number of ether oxygens (including phenoxy) is 1. The van der Waals surface area contributed by atoms with Crippen molar-refractivity contribution in [2.24, 2.45) is 5.92 Å². The molecule has 0 fully saturated rings. The largest absolute Gasteiger partial charge is 0.494 e. The van der Waals surface area contributed by atoms with Crippen molar-refractivity contribution < 1.29 is 9.53 Å². The Morgan fingerprint density at radius 1 is 0.968 bits per heavy atom. The van der Waals surface area contributed by atoms with E-state index in [1.54, 1.807) is 11.3 Å². The first-order valence-electron chi connectivity index (χ1n) is 10.9. The van der Waals surface area contributed by atoms with Crippen molar-refractivity contribution >= 4 is 27.2 Å². The number of carbonyl (C=O) groups excluding carboxylic acids is 1. The summed E-state index contributed by atoms with van der Waals surface area (Å²) in [5.74, 6) is 1.62. The minimum atomic E-state index is 0.0707. The summed E-state index contributed by atoms with van der Waals surface area (Å²) in [7, 11) is 0. The molecule has 0 saturated carbocycles. The predicted octanol–water partition coefficient (Wildman–Crippen LogP) is 7.92. The smallest absolute Gasteiger partial charge is 0.195 e. The van der Waals surface area contributed by atoms with Crippen LogP contribution in [0.4, 0.5) is 0 Å². The molecule has 1 unspecified atom stereocenters. The summed E-state index contributed by atoms with van der Waals surface area (Å²) in [5, 5.41) is 1.02. The Morgan fingerprint density at radius 2 is 1.68 bits per heavy atom. The number of hydrogen-bond acceptors (Lipinski definition) is 3. The van der Waals surface area contributed by atoms with Gasteiger partial charge in [0.15, 0.2) is 5.78 Å². The minimum absolute atomic E-state index is 0.0707. The number of aryl methyl sites for hydroxylation is 1. The summed E-state index contributed by atoms with van der Waals surface area (Å²) in [5.41, 5.74) is 3.71. The van der Waals surface area contributed by atoms with Crippen molar-refractivity contribution in [3.63, 3.8) is 0 Å². The SMILES string of the molecule is CCC(C)CCOc1ccc(-c2sc3ccccc3c2C(=O)c2ccc(C)cc2)cc1. The summed E-state index contributed by atoms with van der Waals surface area (Å²) in [6, 6.07) is 24.1. The molecule has 0 radical (unpaired) electrons. The molecule has 0 amide bonds. The first-order valence-corrected chi connectivity index (χ1v) is 11.7. The van der Waals surface area contributed by atoms with E-state index in [0.717, 1.165) is 56.0 Å². The topological polar surface area (TPSA) is 26.3 Å². The van der Waals surface area contributed by atoms with Crippen molar-refractivity contribution in [2.45, 2.75) is 33.6 Å². The summed E-state index contributed by atoms with van der Waals surface area (Å²) >= 11 is 1.67. The van der Waals surface area contributed by atoms with Crippen LogP contribution in [-0.4, -0.2) is 12.4 Å². The van der Waals surface area contributed by atoms with Gasteiger partial charge in [0, 0.05) is 26.1 Å². The lowest BCUT2D eigenvalue weighted by Gasteiger charge is -2.11. The number of benzene rings is 3. The van der Waals surface area contributed by atoms with E-state index in [1.165, 1.54) is 6.42 Å². The van der Waals surface area contributed by atoms with Crippen LogP contribution in [0.5, 0.6) is 5.75 Å². The summed E-state index contributed by atoms with van der Waals surface area (Å²) < 4.78 is 7.05. The van der Waals surface area contributed by atoms with Crippen molar-refractivity contribution in [1.29, 1.82) is 0 Å². The van der Waals surface area contributed by atoms with Gasteiger partial charge >= 0.3 is 0 Å². The molecule has 0 aliphatic heterocycles. The molecule has 1 aromatic heterocycles. The van der Waals surface area contributed by atoms with Gasteiger partial charge < -0.3 is 4.74 Å². The number of thiophene rings is 1. The highest BCUT2D eigenvalue weighted by atomic mass is 32.1. The van der Waals surface area contributed by atoms with Crippen molar-refractivity contribution in [3.8, 4) is 16.2 Å². The quantitative estimate of drug-likeness (QED) is 0.266. The Balaban J connectivity index is 1.67. The highest BCUT2D eigenvalue weighted by molar-refractivity contribution is 7.22. The Labute approximate surface area is 188 Å². The Morgan fingerprint density at radius 3 is 2.39 bits per heavy atom. The zero-order valence-electron chi connectivity index (χ0n) is 18.4. The van der Waals surface area contributed by atoms with Crippen LogP contribution in [-0.2, 0) is 0 Å². The lowest BCUT2D eigenvalue weighted by molar-refractivity contribution is 0.104. The van der Waals surface area contributed by atoms with Crippen LogP contribution in [0.15, 0.2) is 72.8 Å². The van der Waals surface area contributed by atoms with Crippen LogP contribution < -0.4 is 4.74 Å². The van der Waals surface area contributed by atoms with Gasteiger partial charge in [-0.15, -0.1) is 11.3 Å². The molecule has 1 atom stereocenters. The molecule has 2 nitrogen and oxygen atoms in total. The van der Waals surface area contributed by atoms with Gasteiger partial charge in [0.1, 0.15) is 5.75 Å². The van der Waals surface area contributed by atoms with Crippen molar-refractivity contribution in [2.75, 3.05) is 6.61 Å². The third-order valence-electron chi connectivity index (χ3n) is 5.83. The first kappa shape index (κ1) is 21.3. The van der Waals surface area contributed by atoms with E-state index < -0.39 is 0 Å². The number of carbonyl (C=O) groups is 1.